The fourth-order valence-corrected chi connectivity index (χ4v) is 3.84. The SMILES string of the molecule is Cc1nccn1Cc1cccc(NC=O)c1.O=C(OC1CCCCC1)N1CCNCC1. The van der Waals surface area contributed by atoms with Crippen molar-refractivity contribution >= 4 is 18.2 Å². The van der Waals surface area contributed by atoms with Gasteiger partial charge in [0.05, 0.1) is 0 Å². The zero-order valence-electron chi connectivity index (χ0n) is 18.3. The number of hydrogen-bond donors (Lipinski definition) is 2. The summed E-state index contributed by atoms with van der Waals surface area (Å²) in [4.78, 5) is 28.0. The van der Waals surface area contributed by atoms with Crippen molar-refractivity contribution in [2.24, 2.45) is 0 Å². The summed E-state index contributed by atoms with van der Waals surface area (Å²) < 4.78 is 7.55. The van der Waals surface area contributed by atoms with E-state index in [4.69, 9.17) is 4.74 Å². The highest BCUT2D eigenvalue weighted by Gasteiger charge is 2.22. The van der Waals surface area contributed by atoms with Gasteiger partial charge in [0.25, 0.3) is 0 Å². The maximum Gasteiger partial charge on any atom is 0.410 e. The number of imidazole rings is 1. The molecule has 1 aromatic heterocycles. The van der Waals surface area contributed by atoms with E-state index in [9.17, 15) is 9.59 Å². The van der Waals surface area contributed by atoms with E-state index >= 15 is 0 Å². The second-order valence-electron chi connectivity index (χ2n) is 7.95. The summed E-state index contributed by atoms with van der Waals surface area (Å²) in [5.41, 5.74) is 1.94. The molecule has 2 N–H and O–H groups in total. The molecule has 2 amide bonds. The summed E-state index contributed by atoms with van der Waals surface area (Å²) in [7, 11) is 0. The Bertz CT molecular complexity index is 826. The van der Waals surface area contributed by atoms with Crippen LogP contribution in [0.4, 0.5) is 10.5 Å². The van der Waals surface area contributed by atoms with Crippen molar-refractivity contribution in [1.29, 1.82) is 0 Å². The van der Waals surface area contributed by atoms with E-state index in [0.29, 0.717) is 6.41 Å². The quantitative estimate of drug-likeness (QED) is 0.716. The van der Waals surface area contributed by atoms with Crippen molar-refractivity contribution < 1.29 is 14.3 Å². The monoisotopic (exact) mass is 427 g/mol. The van der Waals surface area contributed by atoms with E-state index < -0.39 is 0 Å². The molecule has 168 valence electrons. The molecule has 2 aliphatic rings. The van der Waals surface area contributed by atoms with Gasteiger partial charge < -0.3 is 24.8 Å². The number of carbonyl (C=O) groups is 2. The lowest BCUT2D eigenvalue weighted by Crippen LogP contribution is -2.47. The average molecular weight is 428 g/mol. The summed E-state index contributed by atoms with van der Waals surface area (Å²) >= 11 is 0. The Morgan fingerprint density at radius 2 is 2.03 bits per heavy atom. The Morgan fingerprint density at radius 1 is 1.26 bits per heavy atom. The molecule has 1 aliphatic carbocycles. The number of nitrogens with one attached hydrogen (secondary N) is 2. The van der Waals surface area contributed by atoms with Gasteiger partial charge >= 0.3 is 6.09 Å². The van der Waals surface area contributed by atoms with Crippen molar-refractivity contribution in [1.82, 2.24) is 19.8 Å². The largest absolute Gasteiger partial charge is 0.446 e. The Kier molecular flexibility index (Phi) is 8.90. The molecule has 1 saturated carbocycles. The van der Waals surface area contributed by atoms with Crippen LogP contribution in [-0.2, 0) is 16.1 Å². The molecular formula is C23H33N5O3. The summed E-state index contributed by atoms with van der Waals surface area (Å²) in [6, 6.07) is 7.76. The predicted octanol–water partition coefficient (Wildman–Crippen LogP) is 3.17. The van der Waals surface area contributed by atoms with E-state index in [1.165, 1.54) is 19.3 Å². The standard InChI is InChI=1S/C12H13N3O.C11H20N2O2/c1-10-13-5-6-15(10)8-11-3-2-4-12(7-11)14-9-16;14-11(13-8-6-12-7-9-13)15-10-4-2-1-3-5-10/h2-7,9H,8H2,1H3,(H,14,16);10,12H,1-9H2. The first-order valence-corrected chi connectivity index (χ1v) is 11.1. The number of ether oxygens (including phenoxy) is 1. The van der Waals surface area contributed by atoms with Crippen LogP contribution >= 0.6 is 0 Å². The van der Waals surface area contributed by atoms with Crippen LogP contribution in [0.1, 0.15) is 43.5 Å². The minimum Gasteiger partial charge on any atom is -0.446 e. The molecule has 1 aliphatic heterocycles. The van der Waals surface area contributed by atoms with E-state index in [2.05, 4.69) is 20.2 Å². The van der Waals surface area contributed by atoms with Gasteiger partial charge in [-0.15, -0.1) is 0 Å². The average Bonchev–Trinajstić information content (AvgIpc) is 3.20. The van der Waals surface area contributed by atoms with E-state index in [-0.39, 0.29) is 12.2 Å². The lowest BCUT2D eigenvalue weighted by atomic mass is 9.98. The van der Waals surface area contributed by atoms with Gasteiger partial charge in [-0.3, -0.25) is 4.79 Å². The van der Waals surface area contributed by atoms with Crippen LogP contribution < -0.4 is 10.6 Å². The first kappa shape index (κ1) is 22.8. The molecule has 8 nitrogen and oxygen atoms in total. The van der Waals surface area contributed by atoms with E-state index in [1.807, 2.05) is 42.3 Å². The van der Waals surface area contributed by atoms with Gasteiger partial charge in [-0.2, -0.15) is 0 Å². The third-order valence-corrected chi connectivity index (χ3v) is 5.62. The number of anilines is 1. The molecule has 0 spiro atoms. The van der Waals surface area contributed by atoms with Gasteiger partial charge in [0.1, 0.15) is 11.9 Å². The smallest absolute Gasteiger partial charge is 0.410 e. The molecule has 0 radical (unpaired) electrons. The fourth-order valence-electron chi connectivity index (χ4n) is 3.84. The Labute approximate surface area is 184 Å². The Morgan fingerprint density at radius 3 is 2.71 bits per heavy atom. The first-order valence-electron chi connectivity index (χ1n) is 11.1. The van der Waals surface area contributed by atoms with Gasteiger partial charge in [-0.05, 0) is 50.3 Å². The normalized spacial score (nSPS) is 16.7. The molecule has 2 heterocycles. The van der Waals surface area contributed by atoms with Crippen LogP contribution in [0.15, 0.2) is 36.7 Å². The van der Waals surface area contributed by atoms with Crippen LogP contribution in [0.5, 0.6) is 0 Å². The molecule has 0 bridgehead atoms. The Balaban J connectivity index is 0.000000176. The van der Waals surface area contributed by atoms with Gasteiger partial charge in [0.15, 0.2) is 0 Å². The van der Waals surface area contributed by atoms with Crippen LogP contribution in [0, 0.1) is 6.92 Å². The number of hydrogen-bond acceptors (Lipinski definition) is 5. The number of amides is 2. The highest BCUT2D eigenvalue weighted by Crippen LogP contribution is 2.21. The molecular weight excluding hydrogens is 394 g/mol. The lowest BCUT2D eigenvalue weighted by Gasteiger charge is -2.29. The number of aryl methyl sites for hydroxylation is 1. The minimum absolute atomic E-state index is 0.108. The number of carbonyl (C=O) groups excluding carboxylic acids is 2. The fraction of sp³-hybridized carbons (Fsp3) is 0.522. The summed E-state index contributed by atoms with van der Waals surface area (Å²) in [6.45, 7) is 6.07. The maximum atomic E-state index is 11.7. The number of nitrogens with zero attached hydrogens (tertiary/aromatic N) is 3. The number of benzene rings is 1. The zero-order chi connectivity index (χ0) is 21.9. The summed E-state index contributed by atoms with van der Waals surface area (Å²) in [6.07, 6.45) is 10.3. The minimum atomic E-state index is -0.108. The van der Waals surface area contributed by atoms with Crippen LogP contribution in [0.3, 0.4) is 0 Å². The third kappa shape index (κ3) is 7.40. The second kappa shape index (κ2) is 12.1. The molecule has 1 saturated heterocycles. The molecule has 1 aromatic carbocycles. The zero-order valence-corrected chi connectivity index (χ0v) is 18.3. The van der Waals surface area contributed by atoms with Gasteiger partial charge in [0, 0.05) is 50.8 Å². The van der Waals surface area contributed by atoms with Crippen molar-refractivity contribution in [3.05, 3.63) is 48.0 Å². The van der Waals surface area contributed by atoms with Crippen LogP contribution in [-0.4, -0.2) is 59.2 Å². The lowest BCUT2D eigenvalue weighted by molar-refractivity contribution is -0.105. The molecule has 0 atom stereocenters. The van der Waals surface area contributed by atoms with Gasteiger partial charge in [0.2, 0.25) is 6.41 Å². The number of piperazine rings is 1. The van der Waals surface area contributed by atoms with Crippen molar-refractivity contribution in [2.75, 3.05) is 31.5 Å². The molecule has 2 aromatic rings. The molecule has 2 fully saturated rings. The van der Waals surface area contributed by atoms with Gasteiger partial charge in [-0.1, -0.05) is 18.6 Å². The molecule has 4 rings (SSSR count). The molecule has 8 heteroatoms. The first-order chi connectivity index (χ1) is 15.2. The molecule has 0 unspecified atom stereocenters. The topological polar surface area (TPSA) is 88.5 Å². The highest BCUT2D eigenvalue weighted by atomic mass is 16.6. The maximum absolute atomic E-state index is 11.7. The Hall–Kier alpha value is -2.87. The summed E-state index contributed by atoms with van der Waals surface area (Å²) in [5.74, 6) is 0.980. The molecule has 31 heavy (non-hydrogen) atoms. The van der Waals surface area contributed by atoms with E-state index in [0.717, 1.165) is 62.6 Å². The van der Waals surface area contributed by atoms with Crippen molar-refractivity contribution in [2.45, 2.75) is 51.7 Å². The van der Waals surface area contributed by atoms with Gasteiger partial charge in [-0.25, -0.2) is 9.78 Å². The van der Waals surface area contributed by atoms with Crippen molar-refractivity contribution in [3.8, 4) is 0 Å². The predicted molar refractivity (Wildman–Crippen MR) is 120 cm³/mol. The number of aromatic nitrogens is 2. The summed E-state index contributed by atoms with van der Waals surface area (Å²) in [5, 5.41) is 5.86. The van der Waals surface area contributed by atoms with E-state index in [1.54, 1.807) is 6.20 Å². The highest BCUT2D eigenvalue weighted by molar-refractivity contribution is 5.71. The number of rotatable bonds is 5. The van der Waals surface area contributed by atoms with Crippen molar-refractivity contribution in [3.63, 3.8) is 0 Å². The van der Waals surface area contributed by atoms with Crippen LogP contribution in [0.25, 0.3) is 0 Å². The third-order valence-electron chi connectivity index (χ3n) is 5.62. The van der Waals surface area contributed by atoms with Crippen LogP contribution in [0.2, 0.25) is 0 Å². The second-order valence-corrected chi connectivity index (χ2v) is 7.95.